The lowest BCUT2D eigenvalue weighted by Gasteiger charge is -2.18. The van der Waals surface area contributed by atoms with Crippen molar-refractivity contribution in [2.75, 3.05) is 13.1 Å². The van der Waals surface area contributed by atoms with Crippen LogP contribution in [0.1, 0.15) is 23.7 Å². The standard InChI is InChI=1S/C12H16FN3O/c1-8(14)9-3-5-16(7-9)12(17)10-2-4-15-6-11(10)13/h2,4,6,8-9H,3,5,7,14H2,1H3. The number of hydrogen-bond donors (Lipinski definition) is 1. The number of nitrogens with two attached hydrogens (primary N) is 1. The van der Waals surface area contributed by atoms with Crippen LogP contribution >= 0.6 is 0 Å². The van der Waals surface area contributed by atoms with Crippen LogP contribution in [0.2, 0.25) is 0 Å². The van der Waals surface area contributed by atoms with Gasteiger partial charge in [-0.2, -0.15) is 0 Å². The number of halogens is 1. The van der Waals surface area contributed by atoms with Crippen LogP contribution < -0.4 is 5.73 Å². The molecule has 0 aromatic carbocycles. The van der Waals surface area contributed by atoms with Gasteiger partial charge in [0.25, 0.3) is 5.91 Å². The van der Waals surface area contributed by atoms with E-state index >= 15 is 0 Å². The second kappa shape index (κ2) is 4.79. The van der Waals surface area contributed by atoms with Crippen molar-refractivity contribution >= 4 is 5.91 Å². The number of aromatic nitrogens is 1. The molecule has 2 heterocycles. The number of carbonyl (C=O) groups excluding carboxylic acids is 1. The smallest absolute Gasteiger partial charge is 0.256 e. The molecule has 17 heavy (non-hydrogen) atoms. The molecule has 1 amide bonds. The maximum Gasteiger partial charge on any atom is 0.256 e. The summed E-state index contributed by atoms with van der Waals surface area (Å²) in [5.74, 6) is -0.529. The summed E-state index contributed by atoms with van der Waals surface area (Å²) in [5.41, 5.74) is 5.89. The number of carbonyl (C=O) groups is 1. The van der Waals surface area contributed by atoms with Crippen LogP contribution in [-0.4, -0.2) is 34.9 Å². The number of pyridine rings is 1. The monoisotopic (exact) mass is 237 g/mol. The summed E-state index contributed by atoms with van der Waals surface area (Å²) in [6.07, 6.45) is 3.37. The van der Waals surface area contributed by atoms with Crippen molar-refractivity contribution in [1.29, 1.82) is 0 Å². The summed E-state index contributed by atoms with van der Waals surface area (Å²) in [6, 6.07) is 1.48. The van der Waals surface area contributed by atoms with Gasteiger partial charge in [-0.1, -0.05) is 0 Å². The Kier molecular flexibility index (Phi) is 3.38. The predicted octanol–water partition coefficient (Wildman–Crippen LogP) is 1.03. The van der Waals surface area contributed by atoms with Crippen LogP contribution in [0.4, 0.5) is 4.39 Å². The first kappa shape index (κ1) is 12.0. The third-order valence-electron chi connectivity index (χ3n) is 3.26. The molecule has 5 heteroatoms. The predicted molar refractivity (Wildman–Crippen MR) is 61.9 cm³/mol. The first-order valence-corrected chi connectivity index (χ1v) is 5.74. The molecule has 0 radical (unpaired) electrons. The van der Waals surface area contributed by atoms with Gasteiger partial charge in [0.2, 0.25) is 0 Å². The zero-order valence-electron chi connectivity index (χ0n) is 9.77. The Labute approximate surface area is 99.6 Å². The van der Waals surface area contributed by atoms with E-state index in [0.717, 1.165) is 12.6 Å². The Morgan fingerprint density at radius 2 is 2.47 bits per heavy atom. The van der Waals surface area contributed by atoms with Crippen molar-refractivity contribution in [2.45, 2.75) is 19.4 Å². The zero-order valence-corrected chi connectivity index (χ0v) is 9.77. The fourth-order valence-electron chi connectivity index (χ4n) is 2.12. The number of rotatable bonds is 2. The first-order valence-electron chi connectivity index (χ1n) is 5.74. The molecule has 0 saturated carbocycles. The lowest BCUT2D eigenvalue weighted by molar-refractivity contribution is 0.0781. The van der Waals surface area contributed by atoms with Crippen LogP contribution in [0.25, 0.3) is 0 Å². The van der Waals surface area contributed by atoms with E-state index in [1.165, 1.54) is 12.3 Å². The summed E-state index contributed by atoms with van der Waals surface area (Å²) in [4.78, 5) is 17.3. The Balaban J connectivity index is 2.10. The Hall–Kier alpha value is -1.49. The Bertz CT molecular complexity index is 422. The molecule has 92 valence electrons. The highest BCUT2D eigenvalue weighted by molar-refractivity contribution is 5.94. The van der Waals surface area contributed by atoms with Crippen LogP contribution in [0, 0.1) is 11.7 Å². The molecule has 0 aliphatic carbocycles. The molecule has 2 N–H and O–H groups in total. The van der Waals surface area contributed by atoms with Crippen molar-refractivity contribution in [1.82, 2.24) is 9.88 Å². The van der Waals surface area contributed by atoms with E-state index in [-0.39, 0.29) is 17.5 Å². The van der Waals surface area contributed by atoms with Gasteiger partial charge in [-0.05, 0) is 25.3 Å². The molecular weight excluding hydrogens is 221 g/mol. The average molecular weight is 237 g/mol. The molecule has 1 aromatic rings. The highest BCUT2D eigenvalue weighted by Crippen LogP contribution is 2.21. The van der Waals surface area contributed by atoms with Crippen molar-refractivity contribution in [3.05, 3.63) is 29.8 Å². The number of hydrogen-bond acceptors (Lipinski definition) is 3. The van der Waals surface area contributed by atoms with Gasteiger partial charge in [-0.25, -0.2) is 4.39 Å². The second-order valence-electron chi connectivity index (χ2n) is 4.51. The quantitative estimate of drug-likeness (QED) is 0.835. The minimum Gasteiger partial charge on any atom is -0.338 e. The van der Waals surface area contributed by atoms with Crippen molar-refractivity contribution in [3.63, 3.8) is 0 Å². The van der Waals surface area contributed by atoms with E-state index in [1.807, 2.05) is 6.92 Å². The summed E-state index contributed by atoms with van der Waals surface area (Å²) in [7, 11) is 0. The molecule has 1 aromatic heterocycles. The highest BCUT2D eigenvalue weighted by atomic mass is 19.1. The van der Waals surface area contributed by atoms with Crippen molar-refractivity contribution in [3.8, 4) is 0 Å². The highest BCUT2D eigenvalue weighted by Gasteiger charge is 2.29. The normalized spacial score (nSPS) is 21.6. The van der Waals surface area contributed by atoms with Gasteiger partial charge >= 0.3 is 0 Å². The minimum absolute atomic E-state index is 0.0649. The summed E-state index contributed by atoms with van der Waals surface area (Å²) in [6.45, 7) is 3.19. The lowest BCUT2D eigenvalue weighted by atomic mass is 10.0. The topological polar surface area (TPSA) is 59.2 Å². The maximum absolute atomic E-state index is 13.4. The molecule has 1 fully saturated rings. The van der Waals surface area contributed by atoms with E-state index in [4.69, 9.17) is 5.73 Å². The van der Waals surface area contributed by atoms with Crippen molar-refractivity contribution in [2.24, 2.45) is 11.7 Å². The van der Waals surface area contributed by atoms with Gasteiger partial charge in [-0.15, -0.1) is 0 Å². The molecule has 0 bridgehead atoms. The molecule has 2 rings (SSSR count). The molecule has 0 spiro atoms. The van der Waals surface area contributed by atoms with E-state index in [0.29, 0.717) is 19.0 Å². The van der Waals surface area contributed by atoms with Gasteiger partial charge in [0.1, 0.15) is 0 Å². The Morgan fingerprint density at radius 3 is 3.06 bits per heavy atom. The molecule has 1 aliphatic rings. The largest absolute Gasteiger partial charge is 0.338 e. The fraction of sp³-hybridized carbons (Fsp3) is 0.500. The maximum atomic E-state index is 13.4. The third-order valence-corrected chi connectivity index (χ3v) is 3.26. The first-order chi connectivity index (χ1) is 8.09. The molecule has 2 unspecified atom stereocenters. The third kappa shape index (κ3) is 2.44. The van der Waals surface area contributed by atoms with E-state index in [2.05, 4.69) is 4.98 Å². The fourth-order valence-corrected chi connectivity index (χ4v) is 2.12. The average Bonchev–Trinajstić information content (AvgIpc) is 2.78. The molecule has 1 aliphatic heterocycles. The summed E-state index contributed by atoms with van der Waals surface area (Å²) >= 11 is 0. The molecule has 4 nitrogen and oxygen atoms in total. The summed E-state index contributed by atoms with van der Waals surface area (Å²) < 4.78 is 13.4. The van der Waals surface area contributed by atoms with E-state index < -0.39 is 5.82 Å². The van der Waals surface area contributed by atoms with Crippen LogP contribution in [0.5, 0.6) is 0 Å². The lowest BCUT2D eigenvalue weighted by Crippen LogP contribution is -2.33. The number of nitrogens with zero attached hydrogens (tertiary/aromatic N) is 2. The minimum atomic E-state index is -0.568. The van der Waals surface area contributed by atoms with E-state index in [1.54, 1.807) is 4.90 Å². The number of amides is 1. The zero-order chi connectivity index (χ0) is 12.4. The van der Waals surface area contributed by atoms with Crippen LogP contribution in [0.3, 0.4) is 0 Å². The van der Waals surface area contributed by atoms with Crippen LogP contribution in [-0.2, 0) is 0 Å². The number of likely N-dealkylation sites (tertiary alicyclic amines) is 1. The SMILES string of the molecule is CC(N)C1CCN(C(=O)c2ccncc2F)C1. The van der Waals surface area contributed by atoms with Gasteiger partial charge in [0.05, 0.1) is 11.8 Å². The molecule has 2 atom stereocenters. The second-order valence-corrected chi connectivity index (χ2v) is 4.51. The van der Waals surface area contributed by atoms with Gasteiger partial charge in [-0.3, -0.25) is 9.78 Å². The summed E-state index contributed by atoms with van der Waals surface area (Å²) in [5, 5.41) is 0. The van der Waals surface area contributed by atoms with Crippen molar-refractivity contribution < 1.29 is 9.18 Å². The molecular formula is C12H16FN3O. The van der Waals surface area contributed by atoms with Gasteiger partial charge in [0.15, 0.2) is 5.82 Å². The Morgan fingerprint density at radius 1 is 1.71 bits per heavy atom. The van der Waals surface area contributed by atoms with Gasteiger partial charge in [0, 0.05) is 25.3 Å². The van der Waals surface area contributed by atoms with E-state index in [9.17, 15) is 9.18 Å². The van der Waals surface area contributed by atoms with Crippen LogP contribution in [0.15, 0.2) is 18.5 Å². The molecule has 1 saturated heterocycles. The van der Waals surface area contributed by atoms with Gasteiger partial charge < -0.3 is 10.6 Å².